The van der Waals surface area contributed by atoms with Crippen molar-refractivity contribution in [2.24, 2.45) is 0 Å². The first kappa shape index (κ1) is 56.1. The minimum atomic E-state index is -1.77. The Hall–Kier alpha value is -2.02. The van der Waals surface area contributed by atoms with Gasteiger partial charge in [-0.05, 0) is 38.5 Å². The van der Waals surface area contributed by atoms with Gasteiger partial charge in [0.2, 0.25) is 0 Å². The number of aliphatic hydroxyl groups excluding tert-OH is 7. The zero-order valence-electron chi connectivity index (χ0n) is 37.9. The van der Waals surface area contributed by atoms with Gasteiger partial charge in [0.15, 0.2) is 18.7 Å². The molecule has 0 bridgehead atoms. The maximum Gasteiger partial charge on any atom is 0.306 e. The highest BCUT2D eigenvalue weighted by atomic mass is 16.7. The van der Waals surface area contributed by atoms with Crippen molar-refractivity contribution in [2.45, 2.75) is 235 Å². The van der Waals surface area contributed by atoms with E-state index in [2.05, 4.69) is 32.1 Å². The Morgan fingerprint density at radius 2 is 0.984 bits per heavy atom. The van der Waals surface area contributed by atoms with Crippen LogP contribution in [0, 0.1) is 0 Å². The van der Waals surface area contributed by atoms with Crippen molar-refractivity contribution in [3.8, 4) is 0 Å². The fourth-order valence-electron chi connectivity index (χ4n) is 7.43. The molecule has 4 unspecified atom stereocenters. The Labute approximate surface area is 371 Å². The number of esters is 2. The van der Waals surface area contributed by atoms with E-state index in [4.69, 9.17) is 28.4 Å². The summed E-state index contributed by atoms with van der Waals surface area (Å²) >= 11 is 0. The average Bonchev–Trinajstić information content (AvgIpc) is 3.26. The van der Waals surface area contributed by atoms with Crippen molar-refractivity contribution in [1.29, 1.82) is 0 Å². The molecule has 11 atom stereocenters. The highest BCUT2D eigenvalue weighted by molar-refractivity contribution is 5.70. The van der Waals surface area contributed by atoms with Crippen molar-refractivity contribution < 1.29 is 73.8 Å². The van der Waals surface area contributed by atoms with Gasteiger partial charge >= 0.3 is 11.9 Å². The molecule has 2 saturated heterocycles. The molecule has 2 aliphatic heterocycles. The average molecular weight is 889 g/mol. The summed E-state index contributed by atoms with van der Waals surface area (Å²) < 4.78 is 33.4. The largest absolute Gasteiger partial charge is 0.462 e. The Bertz CT molecular complexity index is 1180. The first-order chi connectivity index (χ1) is 30.0. The predicted molar refractivity (Wildman–Crippen MR) is 234 cm³/mol. The van der Waals surface area contributed by atoms with Crippen LogP contribution in [0.4, 0.5) is 0 Å². The van der Waals surface area contributed by atoms with Crippen LogP contribution in [0.5, 0.6) is 0 Å². The summed E-state index contributed by atoms with van der Waals surface area (Å²) in [4.78, 5) is 25.6. The first-order valence-electron chi connectivity index (χ1n) is 23.9. The first-order valence-corrected chi connectivity index (χ1v) is 23.9. The molecule has 15 heteroatoms. The van der Waals surface area contributed by atoms with Crippen LogP contribution in [0.25, 0.3) is 0 Å². The molecule has 0 amide bonds. The predicted octanol–water partition coefficient (Wildman–Crippen LogP) is 5.60. The molecule has 2 heterocycles. The Morgan fingerprint density at radius 1 is 0.516 bits per heavy atom. The van der Waals surface area contributed by atoms with Crippen LogP contribution in [-0.4, -0.2) is 142 Å². The van der Waals surface area contributed by atoms with Gasteiger partial charge in [-0.2, -0.15) is 0 Å². The Balaban J connectivity index is 1.83. The second-order valence-corrected chi connectivity index (χ2v) is 16.9. The van der Waals surface area contributed by atoms with E-state index >= 15 is 0 Å². The SMILES string of the molecule is CCCCCCCCCCC/C=C/C/C=C/CCCC(=O)OC[C@@H](CO[C@@H]1O[C@H](CO[C@@H]2O[C@H](CO)[C@H](O)C(O)C2O)[C@H](O)C(O)C1O)OC(=O)CCCCCCCCCCC. The number of hydrogen-bond acceptors (Lipinski definition) is 15. The summed E-state index contributed by atoms with van der Waals surface area (Å²) in [6, 6.07) is 0. The maximum atomic E-state index is 12.9. The van der Waals surface area contributed by atoms with Crippen molar-refractivity contribution in [1.82, 2.24) is 0 Å². The number of rotatable bonds is 36. The molecule has 0 aliphatic carbocycles. The quantitative estimate of drug-likeness (QED) is 0.0231. The third-order valence-corrected chi connectivity index (χ3v) is 11.4. The van der Waals surface area contributed by atoms with Crippen molar-refractivity contribution in [3.05, 3.63) is 24.3 Å². The number of allylic oxidation sites excluding steroid dienone is 4. The topological polar surface area (TPSA) is 231 Å². The number of ether oxygens (including phenoxy) is 6. The van der Waals surface area contributed by atoms with Gasteiger partial charge < -0.3 is 64.2 Å². The number of unbranched alkanes of at least 4 members (excludes halogenated alkanes) is 18. The van der Waals surface area contributed by atoms with Crippen molar-refractivity contribution >= 4 is 11.9 Å². The number of hydrogen-bond donors (Lipinski definition) is 7. The lowest BCUT2D eigenvalue weighted by molar-refractivity contribution is -0.332. The molecule has 0 saturated carbocycles. The van der Waals surface area contributed by atoms with Crippen LogP contribution >= 0.6 is 0 Å². The van der Waals surface area contributed by atoms with Crippen molar-refractivity contribution in [3.63, 3.8) is 0 Å². The lowest BCUT2D eigenvalue weighted by atomic mass is 9.98. The molecule has 0 aromatic heterocycles. The molecule has 0 radical (unpaired) electrons. The number of carbonyl (C=O) groups is 2. The van der Waals surface area contributed by atoms with Gasteiger partial charge in [-0.1, -0.05) is 141 Å². The van der Waals surface area contributed by atoms with E-state index in [1.54, 1.807) is 0 Å². The minimum absolute atomic E-state index is 0.156. The van der Waals surface area contributed by atoms with Gasteiger partial charge in [0, 0.05) is 12.8 Å². The second kappa shape index (κ2) is 35.3. The molecule has 2 fully saturated rings. The van der Waals surface area contributed by atoms with E-state index < -0.39 is 99.3 Å². The summed E-state index contributed by atoms with van der Waals surface area (Å²) in [5, 5.41) is 71.8. The van der Waals surface area contributed by atoms with Crippen LogP contribution in [0.2, 0.25) is 0 Å². The van der Waals surface area contributed by atoms with Gasteiger partial charge in [0.05, 0.1) is 19.8 Å². The van der Waals surface area contributed by atoms with E-state index in [1.807, 2.05) is 6.08 Å². The van der Waals surface area contributed by atoms with Crippen LogP contribution in [0.1, 0.15) is 168 Å². The highest BCUT2D eigenvalue weighted by Gasteiger charge is 2.47. The lowest BCUT2D eigenvalue weighted by Gasteiger charge is -2.42. The monoisotopic (exact) mass is 889 g/mol. The molecule has 15 nitrogen and oxygen atoms in total. The smallest absolute Gasteiger partial charge is 0.306 e. The molecule has 362 valence electrons. The van der Waals surface area contributed by atoms with E-state index in [-0.39, 0.29) is 19.4 Å². The standard InChI is InChI=1S/C47H84O15/c1-3-5-7-9-11-13-14-15-16-17-18-19-20-22-23-25-27-29-38(49)57-32-35(60-39(50)30-28-26-24-21-12-10-8-6-4-2)33-58-46-45(56)43(54)41(52)37(62-46)34-59-47-44(55)42(53)40(51)36(31-48)61-47/h18-19,22-23,35-37,40-48,51-56H,3-17,20-21,24-34H2,1-2H3/b19-18+,23-22+/t35-,36+,37+,40-,41-,42?,43?,44?,45?,46+,47+/m0/s1. The third kappa shape index (κ3) is 23.8. The molecule has 2 rings (SSSR count). The van der Waals surface area contributed by atoms with E-state index in [0.29, 0.717) is 19.3 Å². The summed E-state index contributed by atoms with van der Waals surface area (Å²) in [6.07, 6.45) is 16.7. The molecule has 0 aromatic carbocycles. The zero-order chi connectivity index (χ0) is 45.4. The minimum Gasteiger partial charge on any atom is -0.462 e. The molecule has 0 spiro atoms. The summed E-state index contributed by atoms with van der Waals surface area (Å²) in [5.74, 6) is -0.978. The molecule has 2 aliphatic rings. The Kier molecular flexibility index (Phi) is 31.9. The van der Waals surface area contributed by atoms with Crippen LogP contribution in [0.15, 0.2) is 24.3 Å². The van der Waals surface area contributed by atoms with Crippen LogP contribution in [0.3, 0.4) is 0 Å². The molecule has 7 N–H and O–H groups in total. The maximum absolute atomic E-state index is 12.9. The second-order valence-electron chi connectivity index (χ2n) is 16.9. The Morgan fingerprint density at radius 3 is 1.55 bits per heavy atom. The van der Waals surface area contributed by atoms with E-state index in [9.17, 15) is 45.3 Å². The summed E-state index contributed by atoms with van der Waals surface area (Å²) in [7, 11) is 0. The van der Waals surface area contributed by atoms with Crippen molar-refractivity contribution in [2.75, 3.05) is 26.4 Å². The number of carbonyl (C=O) groups excluding carboxylic acids is 2. The zero-order valence-corrected chi connectivity index (χ0v) is 37.9. The fourth-order valence-corrected chi connectivity index (χ4v) is 7.43. The van der Waals surface area contributed by atoms with Gasteiger partial charge in [-0.3, -0.25) is 9.59 Å². The fraction of sp³-hybridized carbons (Fsp3) is 0.872. The molecule has 62 heavy (non-hydrogen) atoms. The van der Waals surface area contributed by atoms with Crippen LogP contribution in [-0.2, 0) is 38.0 Å². The van der Waals surface area contributed by atoms with Gasteiger partial charge in [-0.25, -0.2) is 0 Å². The summed E-state index contributed by atoms with van der Waals surface area (Å²) in [5.41, 5.74) is 0. The van der Waals surface area contributed by atoms with Gasteiger partial charge in [0.25, 0.3) is 0 Å². The van der Waals surface area contributed by atoms with E-state index in [1.165, 1.54) is 89.9 Å². The normalized spacial score (nSPS) is 27.2. The van der Waals surface area contributed by atoms with Gasteiger partial charge in [0.1, 0.15) is 55.4 Å². The van der Waals surface area contributed by atoms with Crippen LogP contribution < -0.4 is 0 Å². The van der Waals surface area contributed by atoms with Gasteiger partial charge in [-0.15, -0.1) is 0 Å². The molecule has 0 aromatic rings. The summed E-state index contributed by atoms with van der Waals surface area (Å²) in [6.45, 7) is 2.51. The highest BCUT2D eigenvalue weighted by Crippen LogP contribution is 2.26. The molecular weight excluding hydrogens is 805 g/mol. The third-order valence-electron chi connectivity index (χ3n) is 11.4. The number of aliphatic hydroxyl groups is 7. The molecular formula is C47H84O15. The lowest BCUT2D eigenvalue weighted by Crippen LogP contribution is -2.61. The van der Waals surface area contributed by atoms with E-state index in [0.717, 1.165) is 32.1 Å².